The van der Waals surface area contributed by atoms with E-state index in [1.807, 2.05) is 0 Å². The summed E-state index contributed by atoms with van der Waals surface area (Å²) in [6.07, 6.45) is 3.83. The molecule has 1 aliphatic carbocycles. The number of nitrogens with zero attached hydrogens (tertiary/aromatic N) is 2. The number of aromatic nitrogens is 2. The van der Waals surface area contributed by atoms with E-state index < -0.39 is 0 Å². The molecule has 3 rings (SSSR count). The fourth-order valence-electron chi connectivity index (χ4n) is 3.16. The maximum absolute atomic E-state index is 13.3. The van der Waals surface area contributed by atoms with E-state index in [-0.39, 0.29) is 23.7 Å². The van der Waals surface area contributed by atoms with Gasteiger partial charge in [0.25, 0.3) is 0 Å². The molecule has 2 aromatic rings. The first-order valence-electron chi connectivity index (χ1n) is 8.16. The first-order valence-corrected chi connectivity index (χ1v) is 8.16. The lowest BCUT2D eigenvalue weighted by atomic mass is 9.84. The Hall–Kier alpha value is -2.28. The number of hydrogen-bond donors (Lipinski definition) is 2. The maximum atomic E-state index is 13.3. The van der Waals surface area contributed by atoms with Crippen LogP contribution in [0.1, 0.15) is 37.1 Å². The molecule has 1 aliphatic rings. The van der Waals surface area contributed by atoms with E-state index in [0.29, 0.717) is 29.4 Å². The molecule has 1 saturated carbocycles. The van der Waals surface area contributed by atoms with E-state index in [9.17, 15) is 9.18 Å². The standard InChI is InChI=1S/C17H21FN4O2/c1-10-8-11(6-7-13(10)18)17-21-15(24-22-17)9-20-14-5-3-2-4-12(14)16(19)23/h6-8,12,14,20H,2-5,9H2,1H3,(H2,19,23)/t12-,14+/m0/s1. The van der Waals surface area contributed by atoms with Crippen LogP contribution in [-0.2, 0) is 11.3 Å². The number of nitrogens with one attached hydrogen (secondary N) is 1. The molecule has 0 bridgehead atoms. The van der Waals surface area contributed by atoms with Crippen LogP contribution < -0.4 is 11.1 Å². The highest BCUT2D eigenvalue weighted by atomic mass is 19.1. The van der Waals surface area contributed by atoms with Gasteiger partial charge in [-0.2, -0.15) is 4.98 Å². The summed E-state index contributed by atoms with van der Waals surface area (Å²) in [5, 5.41) is 7.23. The smallest absolute Gasteiger partial charge is 0.240 e. The molecule has 1 aromatic carbocycles. The summed E-state index contributed by atoms with van der Waals surface area (Å²) in [4.78, 5) is 15.9. The van der Waals surface area contributed by atoms with Crippen molar-refractivity contribution < 1.29 is 13.7 Å². The van der Waals surface area contributed by atoms with Crippen LogP contribution in [0, 0.1) is 18.7 Å². The number of benzene rings is 1. The predicted molar refractivity (Wildman–Crippen MR) is 86.2 cm³/mol. The molecule has 0 unspecified atom stereocenters. The highest BCUT2D eigenvalue weighted by molar-refractivity contribution is 5.77. The SMILES string of the molecule is Cc1cc(-c2noc(CN[C@@H]3CCCC[C@@H]3C(N)=O)n2)ccc1F. The predicted octanol–water partition coefficient (Wildman–Crippen LogP) is 2.32. The Bertz CT molecular complexity index is 731. The number of halogens is 1. The zero-order valence-corrected chi connectivity index (χ0v) is 13.6. The molecular formula is C17H21FN4O2. The first-order chi connectivity index (χ1) is 11.5. The number of carbonyl (C=O) groups excluding carboxylic acids is 1. The van der Waals surface area contributed by atoms with Gasteiger partial charge in [0.05, 0.1) is 12.5 Å². The minimum absolute atomic E-state index is 0.0414. The Morgan fingerprint density at radius 1 is 1.42 bits per heavy atom. The van der Waals surface area contributed by atoms with Crippen LogP contribution in [-0.4, -0.2) is 22.1 Å². The lowest BCUT2D eigenvalue weighted by Gasteiger charge is -2.29. The Morgan fingerprint density at radius 3 is 2.96 bits per heavy atom. The van der Waals surface area contributed by atoms with Gasteiger partial charge in [0.2, 0.25) is 17.6 Å². The second-order valence-corrected chi connectivity index (χ2v) is 6.26. The molecule has 0 aliphatic heterocycles. The van der Waals surface area contributed by atoms with Gasteiger partial charge in [-0.3, -0.25) is 4.79 Å². The fourth-order valence-corrected chi connectivity index (χ4v) is 3.16. The van der Waals surface area contributed by atoms with Gasteiger partial charge in [0.1, 0.15) is 5.82 Å². The summed E-state index contributed by atoms with van der Waals surface area (Å²) >= 11 is 0. The van der Waals surface area contributed by atoms with Gasteiger partial charge in [-0.05, 0) is 43.5 Å². The van der Waals surface area contributed by atoms with Crippen molar-refractivity contribution in [1.82, 2.24) is 15.5 Å². The number of amides is 1. The second kappa shape index (κ2) is 7.09. The van der Waals surface area contributed by atoms with Crippen molar-refractivity contribution in [2.75, 3.05) is 0 Å². The van der Waals surface area contributed by atoms with Crippen LogP contribution in [0.4, 0.5) is 4.39 Å². The van der Waals surface area contributed by atoms with E-state index in [0.717, 1.165) is 25.7 Å². The summed E-state index contributed by atoms with van der Waals surface area (Å²) < 4.78 is 18.6. The molecule has 1 fully saturated rings. The minimum Gasteiger partial charge on any atom is -0.369 e. The van der Waals surface area contributed by atoms with Crippen molar-refractivity contribution in [3.05, 3.63) is 35.5 Å². The minimum atomic E-state index is -0.265. The molecule has 1 amide bonds. The topological polar surface area (TPSA) is 94.0 Å². The normalized spacial score (nSPS) is 20.9. The lowest BCUT2D eigenvalue weighted by molar-refractivity contribution is -0.123. The van der Waals surface area contributed by atoms with E-state index in [4.69, 9.17) is 10.3 Å². The number of rotatable bonds is 5. The van der Waals surface area contributed by atoms with Crippen LogP contribution in [0.3, 0.4) is 0 Å². The number of nitrogens with two attached hydrogens (primary N) is 1. The molecule has 1 heterocycles. The van der Waals surface area contributed by atoms with E-state index in [1.54, 1.807) is 19.1 Å². The molecule has 6 nitrogen and oxygen atoms in total. The largest absolute Gasteiger partial charge is 0.369 e. The third-order valence-electron chi connectivity index (χ3n) is 4.53. The van der Waals surface area contributed by atoms with Gasteiger partial charge in [0, 0.05) is 11.6 Å². The summed E-state index contributed by atoms with van der Waals surface area (Å²) in [5.74, 6) is 0.172. The molecule has 2 atom stereocenters. The van der Waals surface area contributed by atoms with Gasteiger partial charge in [0.15, 0.2) is 0 Å². The number of primary amides is 1. The maximum Gasteiger partial charge on any atom is 0.240 e. The van der Waals surface area contributed by atoms with Crippen LogP contribution in [0.15, 0.2) is 22.7 Å². The molecular weight excluding hydrogens is 311 g/mol. The van der Waals surface area contributed by atoms with Gasteiger partial charge in [-0.1, -0.05) is 18.0 Å². The molecule has 0 radical (unpaired) electrons. The van der Waals surface area contributed by atoms with Crippen molar-refractivity contribution in [3.63, 3.8) is 0 Å². The Kier molecular flexibility index (Phi) is 4.89. The van der Waals surface area contributed by atoms with Crippen molar-refractivity contribution in [1.29, 1.82) is 0 Å². The van der Waals surface area contributed by atoms with Crippen LogP contribution in [0.5, 0.6) is 0 Å². The van der Waals surface area contributed by atoms with Gasteiger partial charge in [-0.15, -0.1) is 0 Å². The number of carbonyl (C=O) groups is 1. The van der Waals surface area contributed by atoms with Crippen LogP contribution in [0.2, 0.25) is 0 Å². The second-order valence-electron chi connectivity index (χ2n) is 6.26. The summed E-state index contributed by atoms with van der Waals surface area (Å²) in [6.45, 7) is 2.07. The Morgan fingerprint density at radius 2 is 2.21 bits per heavy atom. The van der Waals surface area contributed by atoms with Crippen molar-refractivity contribution in [3.8, 4) is 11.4 Å². The zero-order chi connectivity index (χ0) is 17.1. The molecule has 128 valence electrons. The molecule has 7 heteroatoms. The van der Waals surface area contributed by atoms with Gasteiger partial charge in [-0.25, -0.2) is 4.39 Å². The molecule has 3 N–H and O–H groups in total. The molecule has 0 spiro atoms. The lowest BCUT2D eigenvalue weighted by Crippen LogP contribution is -2.44. The monoisotopic (exact) mass is 332 g/mol. The third kappa shape index (κ3) is 3.62. The fraction of sp³-hybridized carbons (Fsp3) is 0.471. The van der Waals surface area contributed by atoms with E-state index in [1.165, 1.54) is 6.07 Å². The van der Waals surface area contributed by atoms with Crippen molar-refractivity contribution >= 4 is 5.91 Å². The van der Waals surface area contributed by atoms with Crippen LogP contribution >= 0.6 is 0 Å². The average molecular weight is 332 g/mol. The third-order valence-corrected chi connectivity index (χ3v) is 4.53. The van der Waals surface area contributed by atoms with Crippen molar-refractivity contribution in [2.45, 2.75) is 45.2 Å². The molecule has 1 aromatic heterocycles. The quantitative estimate of drug-likeness (QED) is 0.876. The zero-order valence-electron chi connectivity index (χ0n) is 13.6. The highest BCUT2D eigenvalue weighted by Crippen LogP contribution is 2.24. The Labute approximate surface area is 139 Å². The first kappa shape index (κ1) is 16.6. The summed E-state index contributed by atoms with van der Waals surface area (Å²) in [7, 11) is 0. The number of hydrogen-bond acceptors (Lipinski definition) is 5. The highest BCUT2D eigenvalue weighted by Gasteiger charge is 2.29. The van der Waals surface area contributed by atoms with Gasteiger partial charge < -0.3 is 15.6 Å². The Balaban J connectivity index is 1.65. The van der Waals surface area contributed by atoms with E-state index in [2.05, 4.69) is 15.5 Å². The van der Waals surface area contributed by atoms with E-state index >= 15 is 0 Å². The molecule has 0 saturated heterocycles. The van der Waals surface area contributed by atoms with Crippen LogP contribution in [0.25, 0.3) is 11.4 Å². The van der Waals surface area contributed by atoms with Gasteiger partial charge >= 0.3 is 0 Å². The molecule has 24 heavy (non-hydrogen) atoms. The average Bonchev–Trinajstić information content (AvgIpc) is 3.04. The summed E-state index contributed by atoms with van der Waals surface area (Å²) in [5.41, 5.74) is 6.71. The summed E-state index contributed by atoms with van der Waals surface area (Å²) in [6, 6.07) is 4.73. The number of aryl methyl sites for hydroxylation is 1. The van der Waals surface area contributed by atoms with Crippen molar-refractivity contribution in [2.24, 2.45) is 11.7 Å².